The maximum atomic E-state index is 13.0. The highest BCUT2D eigenvalue weighted by atomic mass is 35.5. The van der Waals surface area contributed by atoms with Crippen molar-refractivity contribution in [1.82, 2.24) is 10.2 Å². The van der Waals surface area contributed by atoms with Crippen LogP contribution >= 0.6 is 11.6 Å². The van der Waals surface area contributed by atoms with Gasteiger partial charge in [0.05, 0.1) is 11.5 Å². The third-order valence-corrected chi connectivity index (χ3v) is 6.36. The van der Waals surface area contributed by atoms with E-state index in [1.54, 1.807) is 41.3 Å². The zero-order valence-corrected chi connectivity index (χ0v) is 18.4. The molecule has 1 saturated heterocycles. The van der Waals surface area contributed by atoms with Gasteiger partial charge in [0.15, 0.2) is 0 Å². The molecule has 0 saturated carbocycles. The normalized spacial score (nSPS) is 21.7. The van der Waals surface area contributed by atoms with Gasteiger partial charge in [0, 0.05) is 35.6 Å². The van der Waals surface area contributed by atoms with Crippen LogP contribution < -0.4 is 5.32 Å². The highest BCUT2D eigenvalue weighted by molar-refractivity contribution is 6.30. The zero-order valence-electron chi connectivity index (χ0n) is 17.7. The number of carbonyl (C=O) groups is 2. The highest BCUT2D eigenvalue weighted by Crippen LogP contribution is 2.46. The molecule has 5 nitrogen and oxygen atoms in total. The van der Waals surface area contributed by atoms with Crippen molar-refractivity contribution in [3.63, 3.8) is 0 Å². The molecular formula is C24H29ClN2O3. The second-order valence-electron chi connectivity index (χ2n) is 8.74. The number of benzene rings is 2. The van der Waals surface area contributed by atoms with Gasteiger partial charge in [-0.1, -0.05) is 62.7 Å². The minimum Gasteiger partial charge on any atom is -0.384 e. The molecule has 2 aromatic carbocycles. The number of aliphatic hydroxyl groups is 1. The molecule has 1 aliphatic rings. The lowest BCUT2D eigenvalue weighted by atomic mass is 9.66. The van der Waals surface area contributed by atoms with Gasteiger partial charge in [-0.05, 0) is 36.2 Å². The molecule has 0 bridgehead atoms. The molecule has 0 aromatic heterocycles. The summed E-state index contributed by atoms with van der Waals surface area (Å²) in [5.41, 5.74) is -0.197. The van der Waals surface area contributed by atoms with E-state index in [2.05, 4.69) is 5.32 Å². The van der Waals surface area contributed by atoms with E-state index in [1.165, 1.54) is 0 Å². The topological polar surface area (TPSA) is 69.6 Å². The van der Waals surface area contributed by atoms with Crippen molar-refractivity contribution < 1.29 is 14.7 Å². The summed E-state index contributed by atoms with van der Waals surface area (Å²) in [5, 5.41) is 14.9. The lowest BCUT2D eigenvalue weighted by Crippen LogP contribution is -2.57. The van der Waals surface area contributed by atoms with Gasteiger partial charge in [0.1, 0.15) is 0 Å². The van der Waals surface area contributed by atoms with Gasteiger partial charge in [0.25, 0.3) is 5.91 Å². The van der Waals surface area contributed by atoms with Crippen LogP contribution in [0.4, 0.5) is 0 Å². The number of nitrogens with zero attached hydrogens (tertiary/aromatic N) is 1. The Morgan fingerprint density at radius 2 is 1.77 bits per heavy atom. The largest absolute Gasteiger partial charge is 0.384 e. The SMILES string of the molecule is C[C@@H](CNC(=O)c1ccccc1)C(=O)N1CC[C@](O)(c2ccc(Cl)cc2)C(C)(C)C1. The first-order valence-corrected chi connectivity index (χ1v) is 10.6. The molecule has 2 N–H and O–H groups in total. The maximum Gasteiger partial charge on any atom is 0.251 e. The Morgan fingerprint density at radius 1 is 1.13 bits per heavy atom. The van der Waals surface area contributed by atoms with Crippen LogP contribution in [0, 0.1) is 11.3 Å². The number of hydrogen-bond acceptors (Lipinski definition) is 3. The minimum absolute atomic E-state index is 0.0189. The summed E-state index contributed by atoms with van der Waals surface area (Å²) < 4.78 is 0. The van der Waals surface area contributed by atoms with E-state index in [1.807, 2.05) is 39.0 Å². The predicted octanol–water partition coefficient (Wildman–Crippen LogP) is 3.85. The number of carbonyl (C=O) groups excluding carboxylic acids is 2. The van der Waals surface area contributed by atoms with Gasteiger partial charge in [-0.25, -0.2) is 0 Å². The molecule has 160 valence electrons. The van der Waals surface area contributed by atoms with E-state index in [0.717, 1.165) is 5.56 Å². The number of piperidine rings is 1. The summed E-state index contributed by atoms with van der Waals surface area (Å²) in [6.45, 7) is 6.93. The summed E-state index contributed by atoms with van der Waals surface area (Å²) in [5.74, 6) is -0.559. The van der Waals surface area contributed by atoms with E-state index in [-0.39, 0.29) is 24.3 Å². The predicted molar refractivity (Wildman–Crippen MR) is 118 cm³/mol. The number of halogens is 1. The molecule has 0 aliphatic carbocycles. The number of amides is 2. The van der Waals surface area contributed by atoms with Crippen molar-refractivity contribution in [3.05, 3.63) is 70.7 Å². The van der Waals surface area contributed by atoms with Gasteiger partial charge in [0.2, 0.25) is 5.91 Å². The van der Waals surface area contributed by atoms with Crippen molar-refractivity contribution in [3.8, 4) is 0 Å². The van der Waals surface area contributed by atoms with Crippen LogP contribution in [0.25, 0.3) is 0 Å². The maximum absolute atomic E-state index is 13.0. The number of rotatable bonds is 5. The van der Waals surface area contributed by atoms with Crippen molar-refractivity contribution in [2.75, 3.05) is 19.6 Å². The minimum atomic E-state index is -1.04. The Balaban J connectivity index is 1.62. The van der Waals surface area contributed by atoms with E-state index < -0.39 is 11.0 Å². The highest BCUT2D eigenvalue weighted by Gasteiger charge is 2.49. The van der Waals surface area contributed by atoms with Crippen LogP contribution in [-0.2, 0) is 10.4 Å². The number of hydrogen-bond donors (Lipinski definition) is 2. The van der Waals surface area contributed by atoms with Crippen molar-refractivity contribution in [2.45, 2.75) is 32.8 Å². The van der Waals surface area contributed by atoms with Crippen LogP contribution in [0.2, 0.25) is 5.02 Å². The average molecular weight is 429 g/mol. The third-order valence-electron chi connectivity index (χ3n) is 6.11. The lowest BCUT2D eigenvalue weighted by molar-refractivity contribution is -0.156. The molecule has 2 atom stereocenters. The standard InChI is InChI=1S/C24H29ClN2O3/c1-17(15-26-21(28)18-7-5-4-6-8-18)22(29)27-14-13-24(30,23(2,3)16-27)19-9-11-20(25)12-10-19/h4-12,17,30H,13-16H2,1-3H3,(H,26,28)/t17-,24-/m0/s1. The first-order valence-electron chi connectivity index (χ1n) is 10.2. The van der Waals surface area contributed by atoms with E-state index in [9.17, 15) is 14.7 Å². The second-order valence-corrected chi connectivity index (χ2v) is 9.17. The molecule has 3 rings (SSSR count). The fourth-order valence-corrected chi connectivity index (χ4v) is 4.23. The molecule has 1 heterocycles. The van der Waals surface area contributed by atoms with Crippen LogP contribution in [0.5, 0.6) is 0 Å². The Kier molecular flexibility index (Phi) is 6.53. The van der Waals surface area contributed by atoms with Crippen molar-refractivity contribution >= 4 is 23.4 Å². The third kappa shape index (κ3) is 4.52. The molecular weight excluding hydrogens is 400 g/mol. The Hall–Kier alpha value is -2.37. The molecule has 30 heavy (non-hydrogen) atoms. The quantitative estimate of drug-likeness (QED) is 0.759. The van der Waals surface area contributed by atoms with E-state index >= 15 is 0 Å². The molecule has 1 aliphatic heterocycles. The Labute approximate surface area is 183 Å². The summed E-state index contributed by atoms with van der Waals surface area (Å²) in [6.07, 6.45) is 0.441. The van der Waals surface area contributed by atoms with E-state index in [4.69, 9.17) is 11.6 Å². The lowest BCUT2D eigenvalue weighted by Gasteiger charge is -2.51. The average Bonchev–Trinajstić information content (AvgIpc) is 2.74. The van der Waals surface area contributed by atoms with Gasteiger partial charge >= 0.3 is 0 Å². The second kappa shape index (κ2) is 8.78. The summed E-state index contributed by atoms with van der Waals surface area (Å²) in [6, 6.07) is 16.2. The van der Waals surface area contributed by atoms with Crippen molar-refractivity contribution in [2.24, 2.45) is 11.3 Å². The molecule has 2 aromatic rings. The van der Waals surface area contributed by atoms with Crippen LogP contribution in [0.3, 0.4) is 0 Å². The van der Waals surface area contributed by atoms with Crippen molar-refractivity contribution in [1.29, 1.82) is 0 Å². The first kappa shape index (κ1) is 22.3. The van der Waals surface area contributed by atoms with Gasteiger partial charge < -0.3 is 15.3 Å². The summed E-state index contributed by atoms with van der Waals surface area (Å²) in [4.78, 5) is 27.0. The smallest absolute Gasteiger partial charge is 0.251 e. The van der Waals surface area contributed by atoms with Gasteiger partial charge in [-0.3, -0.25) is 9.59 Å². The van der Waals surface area contributed by atoms with Gasteiger partial charge in [-0.2, -0.15) is 0 Å². The first-order chi connectivity index (χ1) is 14.1. The summed E-state index contributed by atoms with van der Waals surface area (Å²) in [7, 11) is 0. The Morgan fingerprint density at radius 3 is 2.37 bits per heavy atom. The fraction of sp³-hybridized carbons (Fsp3) is 0.417. The number of likely N-dealkylation sites (tertiary alicyclic amines) is 1. The molecule has 6 heteroatoms. The van der Waals surface area contributed by atoms with Crippen LogP contribution in [0.15, 0.2) is 54.6 Å². The number of nitrogens with one attached hydrogen (secondary N) is 1. The molecule has 1 fully saturated rings. The fourth-order valence-electron chi connectivity index (χ4n) is 4.11. The summed E-state index contributed by atoms with van der Waals surface area (Å²) >= 11 is 5.99. The van der Waals surface area contributed by atoms with E-state index in [0.29, 0.717) is 30.1 Å². The molecule has 0 unspecified atom stereocenters. The zero-order chi connectivity index (χ0) is 21.9. The van der Waals surface area contributed by atoms with Crippen LogP contribution in [0.1, 0.15) is 43.1 Å². The molecule has 0 radical (unpaired) electrons. The Bertz CT molecular complexity index is 898. The molecule has 0 spiro atoms. The van der Waals surface area contributed by atoms with Gasteiger partial charge in [-0.15, -0.1) is 0 Å². The molecule has 2 amide bonds. The monoisotopic (exact) mass is 428 g/mol. The van der Waals surface area contributed by atoms with Crippen LogP contribution in [-0.4, -0.2) is 41.5 Å².